The van der Waals surface area contributed by atoms with Crippen LogP contribution in [0.2, 0.25) is 0 Å². The molecular formula is C28H45N3O7S2. The summed E-state index contributed by atoms with van der Waals surface area (Å²) in [5, 5.41) is 24.7. The highest BCUT2D eigenvalue weighted by Gasteiger charge is 2.56. The van der Waals surface area contributed by atoms with Crippen LogP contribution >= 0.6 is 11.3 Å². The number of ether oxygens (including phenoxy) is 1. The fraction of sp³-hybridized carbons (Fsp3) is 0.750. The first kappa shape index (κ1) is 32.8. The molecule has 0 radical (unpaired) electrons. The topological polar surface area (TPSA) is 137 Å². The SMILES string of the molecule is C/C(=C\c1csc(C)n1)[C@@H]1C[C@H]2[C@@H](CCC[C@H](C)C(O)[C@@H](C)C(=O)C(C)(C)[C@@H](O)CC(=O)O1)N2S(=O)(=O)N(C)C. The van der Waals surface area contributed by atoms with Crippen LogP contribution in [0, 0.1) is 24.2 Å². The van der Waals surface area contributed by atoms with Gasteiger partial charge in [0.05, 0.1) is 34.7 Å². The standard InChI is InChI=1S/C28H45N3O7S2/c1-16-10-9-11-21-22(31(21)40(36,37)30(7)8)13-23(17(2)12-20-15-39-19(4)29-20)38-25(33)14-24(32)28(5,6)27(35)18(3)26(16)34/h12,15-16,18,21-24,26,32,34H,9-11,13-14H2,1-8H3/b17-12+/t16-,18+,21+,22-,23-,24-,26?,31?/m0/s1. The van der Waals surface area contributed by atoms with E-state index in [9.17, 15) is 28.2 Å². The van der Waals surface area contributed by atoms with Crippen LogP contribution in [0.4, 0.5) is 0 Å². The van der Waals surface area contributed by atoms with E-state index >= 15 is 0 Å². The van der Waals surface area contributed by atoms with Gasteiger partial charge in [-0.15, -0.1) is 11.3 Å². The highest BCUT2D eigenvalue weighted by Crippen LogP contribution is 2.42. The zero-order valence-corrected chi connectivity index (χ0v) is 26.5. The summed E-state index contributed by atoms with van der Waals surface area (Å²) < 4.78 is 34.8. The van der Waals surface area contributed by atoms with Crippen molar-refractivity contribution in [2.45, 2.75) is 104 Å². The average molecular weight is 600 g/mol. The normalized spacial score (nSPS) is 34.8. The molecular weight excluding hydrogens is 554 g/mol. The van der Waals surface area contributed by atoms with E-state index in [0.29, 0.717) is 24.8 Å². The van der Waals surface area contributed by atoms with E-state index in [1.165, 1.54) is 34.0 Å². The highest BCUT2D eigenvalue weighted by molar-refractivity contribution is 7.87. The summed E-state index contributed by atoms with van der Waals surface area (Å²) in [5.41, 5.74) is 0.150. The molecule has 2 aliphatic heterocycles. The van der Waals surface area contributed by atoms with Gasteiger partial charge in [-0.1, -0.05) is 34.1 Å². The van der Waals surface area contributed by atoms with Gasteiger partial charge in [0.2, 0.25) is 0 Å². The quantitative estimate of drug-likeness (QED) is 0.398. The lowest BCUT2D eigenvalue weighted by Gasteiger charge is -2.34. The van der Waals surface area contributed by atoms with Crippen LogP contribution in [0.25, 0.3) is 6.08 Å². The second-order valence-corrected chi connectivity index (χ2v) is 15.3. The van der Waals surface area contributed by atoms with E-state index in [2.05, 4.69) is 4.98 Å². The number of rotatable bonds is 4. The molecule has 1 aromatic rings. The molecule has 2 aliphatic rings. The summed E-state index contributed by atoms with van der Waals surface area (Å²) in [6.07, 6.45) is 0.519. The van der Waals surface area contributed by atoms with Crippen LogP contribution in [-0.2, 0) is 24.5 Å². The van der Waals surface area contributed by atoms with Crippen molar-refractivity contribution in [1.82, 2.24) is 13.6 Å². The zero-order valence-electron chi connectivity index (χ0n) is 24.8. The number of esters is 1. The molecule has 40 heavy (non-hydrogen) atoms. The van der Waals surface area contributed by atoms with Gasteiger partial charge >= 0.3 is 5.97 Å². The largest absolute Gasteiger partial charge is 0.458 e. The van der Waals surface area contributed by atoms with Crippen molar-refractivity contribution in [2.75, 3.05) is 14.1 Å². The van der Waals surface area contributed by atoms with Gasteiger partial charge in [-0.2, -0.15) is 17.0 Å². The smallest absolute Gasteiger partial charge is 0.309 e. The molecule has 3 rings (SSSR count). The number of fused-ring (bicyclic) bond motifs is 1. The van der Waals surface area contributed by atoms with Crippen molar-refractivity contribution in [1.29, 1.82) is 0 Å². The molecule has 2 N–H and O–H groups in total. The first-order chi connectivity index (χ1) is 18.5. The molecule has 10 nitrogen and oxygen atoms in total. The second-order valence-electron chi connectivity index (χ2n) is 12.1. The Morgan fingerprint density at radius 3 is 2.42 bits per heavy atom. The Morgan fingerprint density at radius 1 is 1.20 bits per heavy atom. The minimum Gasteiger partial charge on any atom is -0.458 e. The summed E-state index contributed by atoms with van der Waals surface area (Å²) in [7, 11) is -0.726. The van der Waals surface area contributed by atoms with Crippen LogP contribution < -0.4 is 0 Å². The summed E-state index contributed by atoms with van der Waals surface area (Å²) in [6, 6.07) is -0.649. The molecule has 0 saturated carbocycles. The maximum Gasteiger partial charge on any atom is 0.309 e. The molecule has 2 saturated heterocycles. The molecule has 8 atom stereocenters. The first-order valence-electron chi connectivity index (χ1n) is 13.9. The van der Waals surface area contributed by atoms with Gasteiger partial charge in [0.1, 0.15) is 11.9 Å². The Labute approximate surface area is 242 Å². The monoisotopic (exact) mass is 599 g/mol. The van der Waals surface area contributed by atoms with Gasteiger partial charge < -0.3 is 14.9 Å². The highest BCUT2D eigenvalue weighted by atomic mass is 32.2. The molecule has 2 fully saturated rings. The number of hydrogen-bond acceptors (Lipinski definition) is 9. The van der Waals surface area contributed by atoms with E-state index in [-0.39, 0.29) is 30.2 Å². The number of ketones is 1. The van der Waals surface area contributed by atoms with Gasteiger partial charge in [-0.25, -0.2) is 4.98 Å². The second kappa shape index (κ2) is 12.7. The van der Waals surface area contributed by atoms with Crippen molar-refractivity contribution in [3.05, 3.63) is 21.7 Å². The number of hydrogen-bond donors (Lipinski definition) is 2. The van der Waals surface area contributed by atoms with E-state index in [4.69, 9.17) is 4.74 Å². The fourth-order valence-electron chi connectivity index (χ4n) is 5.58. The van der Waals surface area contributed by atoms with Crippen molar-refractivity contribution in [2.24, 2.45) is 17.3 Å². The van der Waals surface area contributed by atoms with Crippen molar-refractivity contribution >= 4 is 39.4 Å². The molecule has 0 aromatic carbocycles. The van der Waals surface area contributed by atoms with E-state index in [1.54, 1.807) is 20.8 Å². The Balaban J connectivity index is 1.97. The van der Waals surface area contributed by atoms with Gasteiger partial charge in [-0.05, 0) is 44.3 Å². The van der Waals surface area contributed by atoms with E-state index < -0.39 is 52.2 Å². The molecule has 2 unspecified atom stereocenters. The van der Waals surface area contributed by atoms with Gasteiger partial charge in [0.25, 0.3) is 10.2 Å². The van der Waals surface area contributed by atoms with Crippen LogP contribution in [0.15, 0.2) is 11.0 Å². The van der Waals surface area contributed by atoms with Crippen LogP contribution in [0.3, 0.4) is 0 Å². The van der Waals surface area contributed by atoms with Crippen molar-refractivity contribution in [3.63, 3.8) is 0 Å². The van der Waals surface area contributed by atoms with Crippen LogP contribution in [-0.4, -0.2) is 88.5 Å². The number of Topliss-reactive ketones (excluding diaryl/α,β-unsaturated/α-hetero) is 1. The number of carbonyl (C=O) groups is 2. The van der Waals surface area contributed by atoms with E-state index in [1.807, 2.05) is 32.2 Å². The van der Waals surface area contributed by atoms with Gasteiger partial charge in [-0.3, -0.25) is 9.59 Å². The van der Waals surface area contributed by atoms with Crippen molar-refractivity contribution in [3.8, 4) is 0 Å². The molecule has 0 spiro atoms. The molecule has 1 aromatic heterocycles. The van der Waals surface area contributed by atoms with E-state index in [0.717, 1.165) is 10.7 Å². The molecule has 0 aliphatic carbocycles. The van der Waals surface area contributed by atoms with Gasteiger partial charge in [0.15, 0.2) is 0 Å². The summed E-state index contributed by atoms with van der Waals surface area (Å²) in [5.74, 6) is -1.97. The minimum absolute atomic E-state index is 0.208. The number of nitrogens with zero attached hydrogens (tertiary/aromatic N) is 3. The zero-order chi connectivity index (χ0) is 30.2. The number of aryl methyl sites for hydroxylation is 1. The minimum atomic E-state index is -3.71. The number of carbonyl (C=O) groups excluding carboxylic acids is 2. The Morgan fingerprint density at radius 2 is 1.85 bits per heavy atom. The van der Waals surface area contributed by atoms with Crippen LogP contribution in [0.5, 0.6) is 0 Å². The maximum absolute atomic E-state index is 13.3. The molecule has 0 amide bonds. The van der Waals surface area contributed by atoms with Crippen LogP contribution in [0.1, 0.15) is 77.4 Å². The molecule has 0 bridgehead atoms. The lowest BCUT2D eigenvalue weighted by molar-refractivity contribution is -0.154. The summed E-state index contributed by atoms with van der Waals surface area (Å²) in [4.78, 5) is 30.9. The molecule has 3 heterocycles. The number of aliphatic hydroxyl groups is 2. The summed E-state index contributed by atoms with van der Waals surface area (Å²) in [6.45, 7) is 10.4. The third-order valence-corrected chi connectivity index (χ3v) is 11.3. The van der Waals surface area contributed by atoms with Crippen molar-refractivity contribution < 1.29 is 33.0 Å². The lowest BCUT2D eigenvalue weighted by atomic mass is 9.73. The summed E-state index contributed by atoms with van der Waals surface area (Å²) >= 11 is 1.50. The molecule has 12 heteroatoms. The maximum atomic E-state index is 13.3. The Kier molecular flexibility index (Phi) is 10.4. The predicted molar refractivity (Wildman–Crippen MR) is 155 cm³/mol. The van der Waals surface area contributed by atoms with Gasteiger partial charge in [0, 0.05) is 43.9 Å². The number of thiazole rings is 1. The molecule has 226 valence electrons. The number of aliphatic hydroxyl groups excluding tert-OH is 2. The Bertz CT molecular complexity index is 1210. The number of aromatic nitrogens is 1. The lowest BCUT2D eigenvalue weighted by Crippen LogP contribution is -2.45. The fourth-order valence-corrected chi connectivity index (χ4v) is 7.63. The third kappa shape index (κ3) is 7.19. The predicted octanol–water partition coefficient (Wildman–Crippen LogP) is 3.18. The first-order valence-corrected chi connectivity index (χ1v) is 16.2. The third-order valence-electron chi connectivity index (χ3n) is 8.48. The number of cyclic esters (lactones) is 1. The Hall–Kier alpha value is -1.70. The average Bonchev–Trinajstić information content (AvgIpc) is 3.41.